The zero-order valence-electron chi connectivity index (χ0n) is 10.5. The molecular formula is C16H15IO. The van der Waals surface area contributed by atoms with Gasteiger partial charge >= 0.3 is 0 Å². The van der Waals surface area contributed by atoms with Crippen LogP contribution < -0.4 is 0 Å². The first-order valence-electron chi connectivity index (χ1n) is 5.92. The fourth-order valence-corrected chi connectivity index (χ4v) is 2.36. The van der Waals surface area contributed by atoms with Gasteiger partial charge < -0.3 is 0 Å². The predicted molar refractivity (Wildman–Crippen MR) is 83.1 cm³/mol. The Balaban J connectivity index is 2.23. The van der Waals surface area contributed by atoms with Gasteiger partial charge in [-0.2, -0.15) is 0 Å². The topological polar surface area (TPSA) is 17.1 Å². The molecule has 0 spiro atoms. The third kappa shape index (κ3) is 2.99. The standard InChI is InChI=1S/C16H15IO/c1-11-8-13(9-12(2)16(11)17)10-15(18)14-6-4-3-5-7-14/h3-9H,10H2,1-2H3. The van der Waals surface area contributed by atoms with Gasteiger partial charge in [0.15, 0.2) is 5.78 Å². The van der Waals surface area contributed by atoms with E-state index in [1.54, 1.807) is 0 Å². The van der Waals surface area contributed by atoms with E-state index in [1.165, 1.54) is 14.7 Å². The highest BCUT2D eigenvalue weighted by molar-refractivity contribution is 14.1. The molecule has 1 nitrogen and oxygen atoms in total. The quantitative estimate of drug-likeness (QED) is 0.595. The van der Waals surface area contributed by atoms with Gasteiger partial charge in [-0.25, -0.2) is 0 Å². The molecule has 0 saturated carbocycles. The Bertz CT molecular complexity index is 550. The summed E-state index contributed by atoms with van der Waals surface area (Å²) in [5.41, 5.74) is 4.36. The van der Waals surface area contributed by atoms with E-state index in [4.69, 9.17) is 0 Å². The summed E-state index contributed by atoms with van der Waals surface area (Å²) in [6, 6.07) is 13.7. The molecule has 0 N–H and O–H groups in total. The van der Waals surface area contributed by atoms with Crippen LogP contribution in [-0.2, 0) is 6.42 Å². The fourth-order valence-electron chi connectivity index (χ4n) is 2.05. The summed E-state index contributed by atoms with van der Waals surface area (Å²) < 4.78 is 1.28. The van der Waals surface area contributed by atoms with Crippen molar-refractivity contribution in [3.8, 4) is 0 Å². The number of rotatable bonds is 3. The van der Waals surface area contributed by atoms with Crippen molar-refractivity contribution >= 4 is 28.4 Å². The molecule has 2 heteroatoms. The van der Waals surface area contributed by atoms with E-state index in [-0.39, 0.29) is 5.78 Å². The van der Waals surface area contributed by atoms with E-state index in [0.717, 1.165) is 11.1 Å². The van der Waals surface area contributed by atoms with Crippen LogP contribution >= 0.6 is 22.6 Å². The lowest BCUT2D eigenvalue weighted by molar-refractivity contribution is 0.0993. The Kier molecular flexibility index (Phi) is 4.17. The molecule has 0 aliphatic rings. The molecule has 0 unspecified atom stereocenters. The summed E-state index contributed by atoms with van der Waals surface area (Å²) in [4.78, 5) is 12.1. The number of carbonyl (C=O) groups is 1. The average molecular weight is 350 g/mol. The fraction of sp³-hybridized carbons (Fsp3) is 0.188. The summed E-state index contributed by atoms with van der Waals surface area (Å²) in [6.45, 7) is 4.18. The molecule has 2 aromatic carbocycles. The molecule has 0 aliphatic heterocycles. The van der Waals surface area contributed by atoms with Crippen molar-refractivity contribution in [2.75, 3.05) is 0 Å². The summed E-state index contributed by atoms with van der Waals surface area (Å²) in [5, 5.41) is 0. The summed E-state index contributed by atoms with van der Waals surface area (Å²) in [6.07, 6.45) is 0.475. The second-order valence-corrected chi connectivity index (χ2v) is 5.59. The second-order valence-electron chi connectivity index (χ2n) is 4.51. The van der Waals surface area contributed by atoms with Gasteiger partial charge in [-0.15, -0.1) is 0 Å². The van der Waals surface area contributed by atoms with Gasteiger partial charge in [0, 0.05) is 15.6 Å². The van der Waals surface area contributed by atoms with Crippen LogP contribution in [0.4, 0.5) is 0 Å². The first-order chi connectivity index (χ1) is 8.58. The number of hydrogen-bond acceptors (Lipinski definition) is 1. The minimum absolute atomic E-state index is 0.176. The molecule has 18 heavy (non-hydrogen) atoms. The van der Waals surface area contributed by atoms with Crippen LogP contribution in [0, 0.1) is 17.4 Å². The molecule has 0 heterocycles. The van der Waals surface area contributed by atoms with Gasteiger partial charge in [0.25, 0.3) is 0 Å². The smallest absolute Gasteiger partial charge is 0.167 e. The molecule has 0 aromatic heterocycles. The molecule has 0 amide bonds. The Labute approximate surface area is 121 Å². The monoisotopic (exact) mass is 350 g/mol. The molecule has 0 bridgehead atoms. The largest absolute Gasteiger partial charge is 0.294 e. The number of ketones is 1. The van der Waals surface area contributed by atoms with Crippen molar-refractivity contribution in [2.24, 2.45) is 0 Å². The Morgan fingerprint density at radius 1 is 1.06 bits per heavy atom. The summed E-state index contributed by atoms with van der Waals surface area (Å²) >= 11 is 2.35. The van der Waals surface area contributed by atoms with Gasteiger partial charge in [0.05, 0.1) is 0 Å². The van der Waals surface area contributed by atoms with E-state index in [9.17, 15) is 4.79 Å². The lowest BCUT2D eigenvalue weighted by Crippen LogP contribution is -2.04. The van der Waals surface area contributed by atoms with E-state index < -0.39 is 0 Å². The van der Waals surface area contributed by atoms with Crippen molar-refractivity contribution in [1.29, 1.82) is 0 Å². The SMILES string of the molecule is Cc1cc(CC(=O)c2ccccc2)cc(C)c1I. The van der Waals surface area contributed by atoms with E-state index >= 15 is 0 Å². The number of carbonyl (C=O) groups excluding carboxylic acids is 1. The highest BCUT2D eigenvalue weighted by atomic mass is 127. The van der Waals surface area contributed by atoms with Gasteiger partial charge in [-0.3, -0.25) is 4.79 Å². The second kappa shape index (κ2) is 5.65. The lowest BCUT2D eigenvalue weighted by atomic mass is 10.00. The first-order valence-corrected chi connectivity index (χ1v) is 6.99. The molecule has 0 aliphatic carbocycles. The van der Waals surface area contributed by atoms with Crippen LogP contribution in [-0.4, -0.2) is 5.78 Å². The molecule has 2 rings (SSSR count). The van der Waals surface area contributed by atoms with Crippen LogP contribution in [0.5, 0.6) is 0 Å². The van der Waals surface area contributed by atoms with Crippen LogP contribution in [0.2, 0.25) is 0 Å². The Morgan fingerprint density at radius 2 is 1.61 bits per heavy atom. The third-order valence-electron chi connectivity index (χ3n) is 2.96. The van der Waals surface area contributed by atoms with E-state index in [2.05, 4.69) is 48.6 Å². The first kappa shape index (κ1) is 13.3. The Morgan fingerprint density at radius 3 is 2.17 bits per heavy atom. The lowest BCUT2D eigenvalue weighted by Gasteiger charge is -2.07. The number of Topliss-reactive ketones (excluding diaryl/α,β-unsaturated/α-hetero) is 1. The Hall–Kier alpha value is -1.16. The number of benzene rings is 2. The van der Waals surface area contributed by atoms with Crippen LogP contribution in [0.3, 0.4) is 0 Å². The molecule has 0 fully saturated rings. The van der Waals surface area contributed by atoms with Gasteiger partial charge in [-0.1, -0.05) is 42.5 Å². The predicted octanol–water partition coefficient (Wildman–Crippen LogP) is 4.33. The van der Waals surface area contributed by atoms with Crippen molar-refractivity contribution in [3.05, 3.63) is 68.3 Å². The zero-order chi connectivity index (χ0) is 13.1. The number of aryl methyl sites for hydroxylation is 2. The van der Waals surface area contributed by atoms with Crippen molar-refractivity contribution in [1.82, 2.24) is 0 Å². The van der Waals surface area contributed by atoms with Gasteiger partial charge in [0.2, 0.25) is 0 Å². The molecule has 92 valence electrons. The number of hydrogen-bond donors (Lipinski definition) is 0. The van der Waals surface area contributed by atoms with E-state index in [0.29, 0.717) is 6.42 Å². The molecule has 2 aromatic rings. The highest BCUT2D eigenvalue weighted by Gasteiger charge is 2.08. The number of halogens is 1. The zero-order valence-corrected chi connectivity index (χ0v) is 12.7. The average Bonchev–Trinajstić information content (AvgIpc) is 2.37. The minimum atomic E-state index is 0.176. The molecular weight excluding hydrogens is 335 g/mol. The van der Waals surface area contributed by atoms with Crippen LogP contribution in [0.1, 0.15) is 27.0 Å². The maximum Gasteiger partial charge on any atom is 0.167 e. The highest BCUT2D eigenvalue weighted by Crippen LogP contribution is 2.19. The van der Waals surface area contributed by atoms with Crippen molar-refractivity contribution in [3.63, 3.8) is 0 Å². The molecule has 0 saturated heterocycles. The van der Waals surface area contributed by atoms with Gasteiger partial charge in [0.1, 0.15) is 0 Å². The summed E-state index contributed by atoms with van der Waals surface area (Å²) in [7, 11) is 0. The molecule has 0 radical (unpaired) electrons. The maximum absolute atomic E-state index is 12.1. The van der Waals surface area contributed by atoms with Crippen LogP contribution in [0.15, 0.2) is 42.5 Å². The van der Waals surface area contributed by atoms with Crippen LogP contribution in [0.25, 0.3) is 0 Å². The summed E-state index contributed by atoms with van der Waals surface area (Å²) in [5.74, 6) is 0.176. The van der Waals surface area contributed by atoms with Crippen molar-refractivity contribution < 1.29 is 4.79 Å². The maximum atomic E-state index is 12.1. The van der Waals surface area contributed by atoms with Gasteiger partial charge in [-0.05, 0) is 53.1 Å². The molecule has 0 atom stereocenters. The van der Waals surface area contributed by atoms with E-state index in [1.807, 2.05) is 30.3 Å². The third-order valence-corrected chi connectivity index (χ3v) is 4.66. The van der Waals surface area contributed by atoms with Crippen molar-refractivity contribution in [2.45, 2.75) is 20.3 Å². The minimum Gasteiger partial charge on any atom is -0.294 e. The normalized spacial score (nSPS) is 10.4.